The van der Waals surface area contributed by atoms with Crippen molar-refractivity contribution in [3.63, 3.8) is 0 Å². The van der Waals surface area contributed by atoms with Crippen LogP contribution in [0.1, 0.15) is 65.7 Å². The van der Waals surface area contributed by atoms with Gasteiger partial charge in [-0.1, -0.05) is 30.7 Å². The first-order chi connectivity index (χ1) is 17.0. The number of hydrogen-bond donors (Lipinski definition) is 2. The molecule has 0 radical (unpaired) electrons. The first-order valence-corrected chi connectivity index (χ1v) is 13.4. The van der Waals surface area contributed by atoms with Crippen LogP contribution in [0.3, 0.4) is 0 Å². The Hall–Kier alpha value is -2.19. The van der Waals surface area contributed by atoms with E-state index < -0.39 is 29.6 Å². The summed E-state index contributed by atoms with van der Waals surface area (Å²) in [5, 5.41) is 25.2. The molecule has 5 unspecified atom stereocenters. The number of carbonyl (C=O) groups excluding carboxylic acids is 2. The van der Waals surface area contributed by atoms with Gasteiger partial charge in [0.05, 0.1) is 18.8 Å². The van der Waals surface area contributed by atoms with Gasteiger partial charge in [0.2, 0.25) is 0 Å². The number of amides is 1. The molecule has 8 heteroatoms. The molecular formula is C28H40N2O6. The number of aliphatic hydroxyl groups excluding tert-OH is 1. The second kappa shape index (κ2) is 8.98. The highest BCUT2D eigenvalue weighted by atomic mass is 16.6. The van der Waals surface area contributed by atoms with Crippen LogP contribution >= 0.6 is 0 Å². The monoisotopic (exact) mass is 500 g/mol. The summed E-state index contributed by atoms with van der Waals surface area (Å²) in [6, 6.07) is -0.790. The molecule has 0 spiro atoms. The van der Waals surface area contributed by atoms with E-state index in [0.29, 0.717) is 23.5 Å². The van der Waals surface area contributed by atoms with E-state index in [1.54, 1.807) is 0 Å². The number of aliphatic hydroxyl groups is 2. The van der Waals surface area contributed by atoms with Crippen molar-refractivity contribution in [1.29, 1.82) is 0 Å². The predicted molar refractivity (Wildman–Crippen MR) is 134 cm³/mol. The SMILES string of the molecule is COC(=O)C1CC(O)CN1C(=O)CO/N=C1\C=C[C@@]2(C)C(=C1)CCC1C2CC[C@@]2(C)C1CC[C@]2(C)O. The molecule has 8 nitrogen and oxygen atoms in total. The zero-order valence-electron chi connectivity index (χ0n) is 21.9. The van der Waals surface area contributed by atoms with Gasteiger partial charge in [-0.25, -0.2) is 4.79 Å². The zero-order valence-corrected chi connectivity index (χ0v) is 21.9. The van der Waals surface area contributed by atoms with E-state index >= 15 is 0 Å². The molecule has 4 fully saturated rings. The summed E-state index contributed by atoms with van der Waals surface area (Å²) in [6.45, 7) is 6.47. The van der Waals surface area contributed by atoms with Gasteiger partial charge in [0.25, 0.3) is 5.91 Å². The molecule has 0 aromatic rings. The predicted octanol–water partition coefficient (Wildman–Crippen LogP) is 2.98. The molecule has 5 rings (SSSR count). The molecular weight excluding hydrogens is 460 g/mol. The van der Waals surface area contributed by atoms with Gasteiger partial charge in [0.1, 0.15) is 11.8 Å². The minimum absolute atomic E-state index is 0.00931. The number of oxime groups is 1. The average Bonchev–Trinajstić information content (AvgIpc) is 3.35. The van der Waals surface area contributed by atoms with Gasteiger partial charge in [-0.2, -0.15) is 0 Å². The maximum Gasteiger partial charge on any atom is 0.328 e. The summed E-state index contributed by atoms with van der Waals surface area (Å²) >= 11 is 0. The highest BCUT2D eigenvalue weighted by Gasteiger charge is 2.62. The summed E-state index contributed by atoms with van der Waals surface area (Å²) in [7, 11) is 1.27. The lowest BCUT2D eigenvalue weighted by atomic mass is 9.47. The maximum atomic E-state index is 12.6. The number of likely N-dealkylation sites (tertiary alicyclic amines) is 1. The van der Waals surface area contributed by atoms with Gasteiger partial charge in [-0.3, -0.25) is 4.79 Å². The van der Waals surface area contributed by atoms with Crippen molar-refractivity contribution in [1.82, 2.24) is 4.90 Å². The molecule has 0 aromatic heterocycles. The number of nitrogens with zero attached hydrogens (tertiary/aromatic N) is 2. The fourth-order valence-electron chi connectivity index (χ4n) is 8.20. The number of ether oxygens (including phenoxy) is 1. The molecule has 1 aliphatic heterocycles. The largest absolute Gasteiger partial charge is 0.467 e. The molecule has 3 saturated carbocycles. The minimum atomic E-state index is -0.790. The normalized spacial score (nSPS) is 44.5. The Morgan fingerprint density at radius 3 is 2.67 bits per heavy atom. The molecule has 36 heavy (non-hydrogen) atoms. The highest BCUT2D eigenvalue weighted by molar-refractivity contribution is 6.05. The van der Waals surface area contributed by atoms with Crippen molar-refractivity contribution < 1.29 is 29.4 Å². The van der Waals surface area contributed by atoms with Crippen LogP contribution in [-0.4, -0.2) is 70.7 Å². The van der Waals surface area contributed by atoms with Gasteiger partial charge < -0.3 is 24.7 Å². The average molecular weight is 501 g/mol. The first-order valence-electron chi connectivity index (χ1n) is 13.4. The molecule has 5 aliphatic rings. The standard InChI is InChI=1S/C28H40N2O6/c1-26-10-7-18(29-36-16-24(32)30-15-19(31)14-23(30)25(33)35-4)13-17(26)5-6-20-21(26)8-11-27(2)22(20)9-12-28(27,3)34/h7,10,13,19-23,31,34H,5-6,8-9,11-12,14-16H2,1-4H3/b29-18+/t19?,20?,21?,22?,23?,26-,27-,28-/m0/s1. The Bertz CT molecular complexity index is 1020. The third-order valence-corrected chi connectivity index (χ3v) is 10.6. The summed E-state index contributed by atoms with van der Waals surface area (Å²) in [4.78, 5) is 31.3. The third kappa shape index (κ3) is 3.92. The van der Waals surface area contributed by atoms with E-state index in [9.17, 15) is 19.8 Å². The summed E-state index contributed by atoms with van der Waals surface area (Å²) in [6.07, 6.45) is 12.1. The molecule has 0 bridgehead atoms. The van der Waals surface area contributed by atoms with Crippen LogP contribution in [0.4, 0.5) is 0 Å². The maximum absolute atomic E-state index is 12.6. The van der Waals surface area contributed by atoms with E-state index in [1.807, 2.05) is 13.0 Å². The Morgan fingerprint density at radius 1 is 1.17 bits per heavy atom. The van der Waals surface area contributed by atoms with Crippen molar-refractivity contribution in [3.8, 4) is 0 Å². The first kappa shape index (κ1) is 25.5. The van der Waals surface area contributed by atoms with Gasteiger partial charge in [-0.15, -0.1) is 0 Å². The molecule has 2 N–H and O–H groups in total. The van der Waals surface area contributed by atoms with Crippen LogP contribution in [0, 0.1) is 28.6 Å². The molecule has 8 atom stereocenters. The fourth-order valence-corrected chi connectivity index (χ4v) is 8.20. The molecule has 4 aliphatic carbocycles. The number of esters is 1. The van der Waals surface area contributed by atoms with Crippen LogP contribution in [0.5, 0.6) is 0 Å². The van der Waals surface area contributed by atoms with Crippen molar-refractivity contribution >= 4 is 17.6 Å². The zero-order chi connectivity index (χ0) is 25.9. The van der Waals surface area contributed by atoms with Crippen LogP contribution in [0.15, 0.2) is 29.0 Å². The second-order valence-electron chi connectivity index (χ2n) is 12.2. The lowest BCUT2D eigenvalue weighted by molar-refractivity contribution is -0.152. The minimum Gasteiger partial charge on any atom is -0.467 e. The summed E-state index contributed by atoms with van der Waals surface area (Å²) in [5.41, 5.74) is 1.47. The summed E-state index contributed by atoms with van der Waals surface area (Å²) < 4.78 is 4.76. The number of methoxy groups -OCH3 is 1. The highest BCUT2D eigenvalue weighted by Crippen LogP contribution is 2.66. The van der Waals surface area contributed by atoms with Gasteiger partial charge in [0.15, 0.2) is 6.61 Å². The number of β-amino-alcohol motifs (C(OH)–C–C–N with tert-alkyl or cyclic N) is 1. The Morgan fingerprint density at radius 2 is 1.92 bits per heavy atom. The number of allylic oxidation sites excluding steroid dienone is 4. The quantitative estimate of drug-likeness (QED) is 0.454. The Balaban J connectivity index is 1.24. The third-order valence-electron chi connectivity index (χ3n) is 10.6. The van der Waals surface area contributed by atoms with Crippen molar-refractivity contribution in [3.05, 3.63) is 23.8 Å². The van der Waals surface area contributed by atoms with Crippen LogP contribution in [-0.2, 0) is 19.2 Å². The van der Waals surface area contributed by atoms with E-state index in [-0.39, 0.29) is 30.4 Å². The Kier molecular flexibility index (Phi) is 6.35. The fraction of sp³-hybridized carbons (Fsp3) is 0.750. The smallest absolute Gasteiger partial charge is 0.328 e. The lowest BCUT2D eigenvalue weighted by Gasteiger charge is -2.58. The summed E-state index contributed by atoms with van der Waals surface area (Å²) in [5.74, 6) is 0.810. The molecule has 1 amide bonds. The van der Waals surface area contributed by atoms with Crippen molar-refractivity contribution in [2.45, 2.75) is 83.5 Å². The number of carbonyl (C=O) groups is 2. The van der Waals surface area contributed by atoms with Gasteiger partial charge in [0, 0.05) is 18.4 Å². The van der Waals surface area contributed by atoms with E-state index in [2.05, 4.69) is 31.2 Å². The van der Waals surface area contributed by atoms with Crippen molar-refractivity contribution in [2.24, 2.45) is 33.7 Å². The molecule has 198 valence electrons. The number of hydrogen-bond acceptors (Lipinski definition) is 7. The molecule has 1 heterocycles. The van der Waals surface area contributed by atoms with E-state index in [0.717, 1.165) is 38.5 Å². The topological polar surface area (TPSA) is 109 Å². The van der Waals surface area contributed by atoms with Crippen LogP contribution in [0.2, 0.25) is 0 Å². The van der Waals surface area contributed by atoms with Crippen molar-refractivity contribution in [2.75, 3.05) is 20.3 Å². The second-order valence-corrected chi connectivity index (χ2v) is 12.2. The van der Waals surface area contributed by atoms with E-state index in [4.69, 9.17) is 9.57 Å². The van der Waals surface area contributed by atoms with Crippen LogP contribution < -0.4 is 0 Å². The number of fused-ring (bicyclic) bond motifs is 5. The lowest BCUT2D eigenvalue weighted by Crippen LogP contribution is -2.53. The molecule has 1 saturated heterocycles. The van der Waals surface area contributed by atoms with Gasteiger partial charge in [-0.05, 0) is 80.8 Å². The molecule has 0 aromatic carbocycles. The van der Waals surface area contributed by atoms with Crippen LogP contribution in [0.25, 0.3) is 0 Å². The van der Waals surface area contributed by atoms with Gasteiger partial charge >= 0.3 is 5.97 Å². The number of rotatable bonds is 4. The Labute approximate surface area is 213 Å². The van der Waals surface area contributed by atoms with E-state index in [1.165, 1.54) is 17.6 Å².